The lowest BCUT2D eigenvalue weighted by Gasteiger charge is -2.14. The number of benzene rings is 2. The summed E-state index contributed by atoms with van der Waals surface area (Å²) in [5.41, 5.74) is 2.69. The van der Waals surface area contributed by atoms with Gasteiger partial charge in [0.25, 0.3) is 5.91 Å². The Morgan fingerprint density at radius 1 is 1.07 bits per heavy atom. The molecule has 148 valence electrons. The molecular formula is C23H28N2O3. The quantitative estimate of drug-likeness (QED) is 0.697. The largest absolute Gasteiger partial charge is 0.495 e. The van der Waals surface area contributed by atoms with Gasteiger partial charge in [0.15, 0.2) is 0 Å². The van der Waals surface area contributed by atoms with Crippen LogP contribution in [-0.4, -0.2) is 18.9 Å². The molecular weight excluding hydrogens is 352 g/mol. The van der Waals surface area contributed by atoms with Crippen LogP contribution in [0, 0.1) is 12.8 Å². The number of methoxy groups -OCH3 is 1. The van der Waals surface area contributed by atoms with Crippen LogP contribution in [0.25, 0.3) is 0 Å². The van der Waals surface area contributed by atoms with E-state index in [0.29, 0.717) is 35.0 Å². The van der Waals surface area contributed by atoms with Crippen LogP contribution in [0.1, 0.15) is 54.4 Å². The smallest absolute Gasteiger partial charge is 0.256 e. The van der Waals surface area contributed by atoms with Gasteiger partial charge in [-0.1, -0.05) is 43.9 Å². The minimum atomic E-state index is -0.207. The first-order valence-electron chi connectivity index (χ1n) is 9.91. The SMILES string of the molecule is COc1ccc(NC(=O)CCC2CCCC2)cc1NC(=O)c1ccccc1C. The molecule has 0 aromatic heterocycles. The van der Waals surface area contributed by atoms with Crippen molar-refractivity contribution in [1.29, 1.82) is 0 Å². The van der Waals surface area contributed by atoms with E-state index in [1.54, 1.807) is 31.4 Å². The summed E-state index contributed by atoms with van der Waals surface area (Å²) in [6, 6.07) is 12.7. The molecule has 0 saturated heterocycles. The molecule has 1 fully saturated rings. The highest BCUT2D eigenvalue weighted by atomic mass is 16.5. The summed E-state index contributed by atoms with van der Waals surface area (Å²) in [6.45, 7) is 1.90. The number of ether oxygens (including phenoxy) is 1. The first kappa shape index (κ1) is 19.9. The average Bonchev–Trinajstić information content (AvgIpc) is 3.20. The topological polar surface area (TPSA) is 67.4 Å². The maximum Gasteiger partial charge on any atom is 0.256 e. The van der Waals surface area contributed by atoms with Crippen LogP contribution in [0.15, 0.2) is 42.5 Å². The Morgan fingerprint density at radius 3 is 2.54 bits per heavy atom. The standard InChI is InChI=1S/C23H28N2O3/c1-16-7-3-6-10-19(16)23(27)25-20-15-18(12-13-21(20)28-2)24-22(26)14-11-17-8-4-5-9-17/h3,6-7,10,12-13,15,17H,4-5,8-9,11,14H2,1-2H3,(H,24,26)(H,25,27). The van der Waals surface area contributed by atoms with E-state index in [-0.39, 0.29) is 11.8 Å². The second-order valence-electron chi connectivity index (χ2n) is 7.42. The number of anilines is 2. The highest BCUT2D eigenvalue weighted by Gasteiger charge is 2.17. The lowest BCUT2D eigenvalue weighted by Crippen LogP contribution is -2.15. The van der Waals surface area contributed by atoms with Crippen LogP contribution in [0.3, 0.4) is 0 Å². The van der Waals surface area contributed by atoms with Crippen LogP contribution in [0.5, 0.6) is 5.75 Å². The van der Waals surface area contributed by atoms with Crippen LogP contribution in [0.4, 0.5) is 11.4 Å². The zero-order valence-corrected chi connectivity index (χ0v) is 16.6. The third kappa shape index (κ3) is 5.12. The summed E-state index contributed by atoms with van der Waals surface area (Å²) in [6.07, 6.45) is 6.53. The number of hydrogen-bond acceptors (Lipinski definition) is 3. The highest BCUT2D eigenvalue weighted by molar-refractivity contribution is 6.06. The zero-order valence-electron chi connectivity index (χ0n) is 16.6. The Bertz CT molecular complexity index is 841. The van der Waals surface area contributed by atoms with Crippen molar-refractivity contribution < 1.29 is 14.3 Å². The number of hydrogen-bond donors (Lipinski definition) is 2. The Hall–Kier alpha value is -2.82. The van der Waals surface area contributed by atoms with Crippen LogP contribution >= 0.6 is 0 Å². The number of carbonyl (C=O) groups excluding carboxylic acids is 2. The summed E-state index contributed by atoms with van der Waals surface area (Å²) in [5.74, 6) is 1.03. The predicted molar refractivity (Wildman–Crippen MR) is 112 cm³/mol. The van der Waals surface area contributed by atoms with Gasteiger partial charge in [-0.2, -0.15) is 0 Å². The van der Waals surface area contributed by atoms with Crippen molar-refractivity contribution in [2.24, 2.45) is 5.92 Å². The highest BCUT2D eigenvalue weighted by Crippen LogP contribution is 2.30. The average molecular weight is 380 g/mol. The van der Waals surface area contributed by atoms with Crippen molar-refractivity contribution in [1.82, 2.24) is 0 Å². The van der Waals surface area contributed by atoms with Gasteiger partial charge in [0.1, 0.15) is 5.75 Å². The van der Waals surface area contributed by atoms with Crippen molar-refractivity contribution in [3.8, 4) is 5.75 Å². The zero-order chi connectivity index (χ0) is 19.9. The number of rotatable bonds is 7. The van der Waals surface area contributed by atoms with Gasteiger partial charge >= 0.3 is 0 Å². The fourth-order valence-electron chi connectivity index (χ4n) is 3.76. The molecule has 0 spiro atoms. The summed E-state index contributed by atoms with van der Waals surface area (Å²) >= 11 is 0. The third-order valence-corrected chi connectivity index (χ3v) is 5.38. The first-order valence-corrected chi connectivity index (χ1v) is 9.91. The molecule has 1 saturated carbocycles. The van der Waals surface area contributed by atoms with Gasteiger partial charge in [-0.15, -0.1) is 0 Å². The third-order valence-electron chi connectivity index (χ3n) is 5.38. The van der Waals surface area contributed by atoms with Crippen LogP contribution in [-0.2, 0) is 4.79 Å². The van der Waals surface area contributed by atoms with E-state index in [4.69, 9.17) is 4.74 Å². The fourth-order valence-corrected chi connectivity index (χ4v) is 3.76. The van der Waals surface area contributed by atoms with Gasteiger partial charge < -0.3 is 15.4 Å². The van der Waals surface area contributed by atoms with Gasteiger partial charge in [-0.3, -0.25) is 9.59 Å². The van der Waals surface area contributed by atoms with Gasteiger partial charge in [0, 0.05) is 17.7 Å². The first-order chi connectivity index (χ1) is 13.6. The Kier molecular flexibility index (Phi) is 6.69. The molecule has 1 aliphatic rings. The molecule has 0 aliphatic heterocycles. The number of amides is 2. The van der Waals surface area contributed by atoms with Crippen molar-refractivity contribution in [2.75, 3.05) is 17.7 Å². The van der Waals surface area contributed by atoms with Crippen molar-refractivity contribution >= 4 is 23.2 Å². The van der Waals surface area contributed by atoms with Crippen molar-refractivity contribution in [2.45, 2.75) is 45.4 Å². The molecule has 3 rings (SSSR count). The Morgan fingerprint density at radius 2 is 1.82 bits per heavy atom. The monoisotopic (exact) mass is 380 g/mol. The lowest BCUT2D eigenvalue weighted by atomic mass is 10.0. The molecule has 2 N–H and O–H groups in total. The number of carbonyl (C=O) groups is 2. The summed E-state index contributed by atoms with van der Waals surface area (Å²) in [4.78, 5) is 24.9. The molecule has 0 atom stereocenters. The molecule has 5 heteroatoms. The second-order valence-corrected chi connectivity index (χ2v) is 7.42. The molecule has 2 aromatic carbocycles. The van der Waals surface area contributed by atoms with Crippen LogP contribution < -0.4 is 15.4 Å². The van der Waals surface area contributed by atoms with Gasteiger partial charge in [-0.25, -0.2) is 0 Å². The minimum absolute atomic E-state index is 0.00764. The molecule has 0 unspecified atom stereocenters. The van der Waals surface area contributed by atoms with Gasteiger partial charge in [-0.05, 0) is 49.1 Å². The Balaban J connectivity index is 1.66. The molecule has 1 aliphatic carbocycles. The minimum Gasteiger partial charge on any atom is -0.495 e. The molecule has 5 nitrogen and oxygen atoms in total. The van der Waals surface area contributed by atoms with Gasteiger partial charge in [0.05, 0.1) is 12.8 Å². The maximum atomic E-state index is 12.6. The summed E-state index contributed by atoms with van der Waals surface area (Å²) in [7, 11) is 1.55. The predicted octanol–water partition coefficient (Wildman–Crippen LogP) is 5.16. The summed E-state index contributed by atoms with van der Waals surface area (Å²) < 4.78 is 5.36. The second kappa shape index (κ2) is 9.40. The summed E-state index contributed by atoms with van der Waals surface area (Å²) in [5, 5.41) is 5.83. The van der Waals surface area contributed by atoms with E-state index in [1.165, 1.54) is 25.7 Å². The molecule has 0 bridgehead atoms. The maximum absolute atomic E-state index is 12.6. The fraction of sp³-hybridized carbons (Fsp3) is 0.391. The number of nitrogens with one attached hydrogen (secondary N) is 2. The van der Waals surface area contributed by atoms with E-state index < -0.39 is 0 Å². The van der Waals surface area contributed by atoms with E-state index in [0.717, 1.165) is 12.0 Å². The van der Waals surface area contributed by atoms with E-state index in [2.05, 4.69) is 10.6 Å². The number of aryl methyl sites for hydroxylation is 1. The van der Waals surface area contributed by atoms with Crippen LogP contribution in [0.2, 0.25) is 0 Å². The van der Waals surface area contributed by atoms with Gasteiger partial charge in [0.2, 0.25) is 5.91 Å². The molecule has 28 heavy (non-hydrogen) atoms. The molecule has 0 heterocycles. The Labute approximate surface area is 166 Å². The van der Waals surface area contributed by atoms with E-state index in [9.17, 15) is 9.59 Å². The lowest BCUT2D eigenvalue weighted by molar-refractivity contribution is -0.116. The molecule has 0 radical (unpaired) electrons. The van der Waals surface area contributed by atoms with Crippen molar-refractivity contribution in [3.05, 3.63) is 53.6 Å². The normalized spacial score (nSPS) is 13.9. The van der Waals surface area contributed by atoms with E-state index in [1.807, 2.05) is 25.1 Å². The molecule has 2 amide bonds. The van der Waals surface area contributed by atoms with Crippen molar-refractivity contribution in [3.63, 3.8) is 0 Å². The molecule has 2 aromatic rings. The van der Waals surface area contributed by atoms with E-state index >= 15 is 0 Å².